The highest BCUT2D eigenvalue weighted by Gasteiger charge is 2.25. The molecule has 1 aromatic rings. The van der Waals surface area contributed by atoms with Gasteiger partial charge in [-0.2, -0.15) is 11.8 Å². The molecule has 1 unspecified atom stereocenters. The van der Waals surface area contributed by atoms with Crippen LogP contribution in [0.2, 0.25) is 0 Å². The third-order valence-electron chi connectivity index (χ3n) is 2.84. The molecule has 6 heteroatoms. The summed E-state index contributed by atoms with van der Waals surface area (Å²) in [6, 6.07) is 1.96. The van der Waals surface area contributed by atoms with Gasteiger partial charge in [-0.05, 0) is 13.0 Å². The van der Waals surface area contributed by atoms with Gasteiger partial charge in [0.1, 0.15) is 0 Å². The SMILES string of the molecule is CC1CSCCN1C(=O)c1ccncc1NN. The van der Waals surface area contributed by atoms with Gasteiger partial charge in [0.2, 0.25) is 0 Å². The van der Waals surface area contributed by atoms with E-state index in [2.05, 4.69) is 17.3 Å². The molecule has 3 N–H and O–H groups in total. The lowest BCUT2D eigenvalue weighted by atomic mass is 10.1. The van der Waals surface area contributed by atoms with Crippen LogP contribution in [-0.4, -0.2) is 39.9 Å². The predicted molar refractivity (Wildman–Crippen MR) is 69.9 cm³/mol. The van der Waals surface area contributed by atoms with Crippen molar-refractivity contribution in [2.24, 2.45) is 5.84 Å². The van der Waals surface area contributed by atoms with Crippen LogP contribution in [0.3, 0.4) is 0 Å². The van der Waals surface area contributed by atoms with Gasteiger partial charge in [-0.1, -0.05) is 0 Å². The Morgan fingerprint density at radius 1 is 1.71 bits per heavy atom. The van der Waals surface area contributed by atoms with Gasteiger partial charge in [0.25, 0.3) is 5.91 Å². The van der Waals surface area contributed by atoms with Crippen LogP contribution in [0.1, 0.15) is 17.3 Å². The topological polar surface area (TPSA) is 71.2 Å². The molecule has 1 saturated heterocycles. The van der Waals surface area contributed by atoms with Gasteiger partial charge < -0.3 is 10.3 Å². The molecule has 1 aliphatic rings. The zero-order valence-electron chi connectivity index (χ0n) is 9.72. The summed E-state index contributed by atoms with van der Waals surface area (Å²) < 4.78 is 0. The molecule has 0 aliphatic carbocycles. The largest absolute Gasteiger partial charge is 0.334 e. The fourth-order valence-electron chi connectivity index (χ4n) is 1.88. The van der Waals surface area contributed by atoms with E-state index >= 15 is 0 Å². The summed E-state index contributed by atoms with van der Waals surface area (Å²) in [5.41, 5.74) is 3.67. The lowest BCUT2D eigenvalue weighted by molar-refractivity contribution is 0.0717. The van der Waals surface area contributed by atoms with Crippen LogP contribution in [0, 0.1) is 0 Å². The first-order valence-electron chi connectivity index (χ1n) is 5.53. The van der Waals surface area contributed by atoms with Crippen molar-refractivity contribution in [3.63, 3.8) is 0 Å². The number of nitrogens with two attached hydrogens (primary N) is 1. The predicted octanol–water partition coefficient (Wildman–Crippen LogP) is 0.945. The molecular weight excluding hydrogens is 236 g/mol. The van der Waals surface area contributed by atoms with E-state index in [0.29, 0.717) is 11.3 Å². The Hall–Kier alpha value is -1.27. The normalized spacial score (nSPS) is 20.1. The molecule has 92 valence electrons. The number of amides is 1. The van der Waals surface area contributed by atoms with Gasteiger partial charge in [-0.15, -0.1) is 0 Å². The van der Waals surface area contributed by atoms with E-state index in [1.165, 1.54) is 0 Å². The number of nitrogens with zero attached hydrogens (tertiary/aromatic N) is 2. The Morgan fingerprint density at radius 2 is 2.53 bits per heavy atom. The summed E-state index contributed by atoms with van der Waals surface area (Å²) in [6.45, 7) is 2.86. The molecular formula is C11H16N4OS. The van der Waals surface area contributed by atoms with Gasteiger partial charge in [0.05, 0.1) is 17.4 Å². The Morgan fingerprint density at radius 3 is 3.24 bits per heavy atom. The van der Waals surface area contributed by atoms with Gasteiger partial charge in [0, 0.05) is 30.3 Å². The van der Waals surface area contributed by atoms with Crippen molar-refractivity contribution in [2.45, 2.75) is 13.0 Å². The third-order valence-corrected chi connectivity index (χ3v) is 4.02. The Balaban J connectivity index is 2.23. The van der Waals surface area contributed by atoms with Crippen molar-refractivity contribution < 1.29 is 4.79 Å². The minimum Gasteiger partial charge on any atom is -0.334 e. The number of thioether (sulfide) groups is 1. The van der Waals surface area contributed by atoms with Gasteiger partial charge in [-0.3, -0.25) is 15.6 Å². The van der Waals surface area contributed by atoms with Crippen molar-refractivity contribution >= 4 is 23.4 Å². The summed E-state index contributed by atoms with van der Waals surface area (Å²) >= 11 is 1.88. The summed E-state index contributed by atoms with van der Waals surface area (Å²) in [6.07, 6.45) is 3.17. The highest BCUT2D eigenvalue weighted by molar-refractivity contribution is 7.99. The molecule has 1 atom stereocenters. The van der Waals surface area contributed by atoms with Crippen LogP contribution in [-0.2, 0) is 0 Å². The summed E-state index contributed by atoms with van der Waals surface area (Å²) in [7, 11) is 0. The quantitative estimate of drug-likeness (QED) is 0.605. The molecule has 2 rings (SSSR count). The lowest BCUT2D eigenvalue weighted by Gasteiger charge is -2.33. The van der Waals surface area contributed by atoms with Crippen LogP contribution in [0.4, 0.5) is 5.69 Å². The molecule has 0 spiro atoms. The van der Waals surface area contributed by atoms with Crippen molar-refractivity contribution in [1.29, 1.82) is 0 Å². The van der Waals surface area contributed by atoms with Crippen LogP contribution in [0.25, 0.3) is 0 Å². The van der Waals surface area contributed by atoms with Crippen molar-refractivity contribution in [3.8, 4) is 0 Å². The maximum atomic E-state index is 12.4. The molecule has 0 radical (unpaired) electrons. The van der Waals surface area contributed by atoms with Crippen molar-refractivity contribution in [3.05, 3.63) is 24.0 Å². The average molecular weight is 252 g/mol. The maximum absolute atomic E-state index is 12.4. The number of nitrogens with one attached hydrogen (secondary N) is 1. The molecule has 5 nitrogen and oxygen atoms in total. The van der Waals surface area contributed by atoms with E-state index in [1.54, 1.807) is 18.5 Å². The second kappa shape index (κ2) is 5.37. The molecule has 1 amide bonds. The number of nitrogen functional groups attached to an aromatic ring is 1. The average Bonchev–Trinajstić information content (AvgIpc) is 2.38. The highest BCUT2D eigenvalue weighted by Crippen LogP contribution is 2.21. The smallest absolute Gasteiger partial charge is 0.256 e. The maximum Gasteiger partial charge on any atom is 0.256 e. The number of carbonyl (C=O) groups is 1. The van der Waals surface area contributed by atoms with E-state index in [4.69, 9.17) is 5.84 Å². The Kier molecular flexibility index (Phi) is 3.86. The van der Waals surface area contributed by atoms with Crippen molar-refractivity contribution in [2.75, 3.05) is 23.5 Å². The van der Waals surface area contributed by atoms with E-state index < -0.39 is 0 Å². The Bertz CT molecular complexity index is 412. The first kappa shape index (κ1) is 12.2. The number of hydrazine groups is 1. The number of rotatable bonds is 2. The van der Waals surface area contributed by atoms with Crippen molar-refractivity contribution in [1.82, 2.24) is 9.88 Å². The van der Waals surface area contributed by atoms with Gasteiger partial charge in [-0.25, -0.2) is 0 Å². The number of aromatic nitrogens is 1. The molecule has 1 aromatic heterocycles. The van der Waals surface area contributed by atoms with Crippen LogP contribution in [0.5, 0.6) is 0 Å². The summed E-state index contributed by atoms with van der Waals surface area (Å²) in [4.78, 5) is 18.2. The summed E-state index contributed by atoms with van der Waals surface area (Å²) in [5.74, 6) is 7.39. The minimum absolute atomic E-state index is 0.0214. The number of pyridine rings is 1. The number of hydrogen-bond donors (Lipinski definition) is 2. The third kappa shape index (κ3) is 2.53. The van der Waals surface area contributed by atoms with Crippen LogP contribution < -0.4 is 11.3 Å². The first-order chi connectivity index (χ1) is 8.24. The van der Waals surface area contributed by atoms with E-state index in [1.807, 2.05) is 16.7 Å². The highest BCUT2D eigenvalue weighted by atomic mass is 32.2. The fraction of sp³-hybridized carbons (Fsp3) is 0.455. The molecule has 0 aromatic carbocycles. The molecule has 0 bridgehead atoms. The second-order valence-corrected chi connectivity index (χ2v) is 5.14. The van der Waals surface area contributed by atoms with Gasteiger partial charge >= 0.3 is 0 Å². The number of hydrogen-bond acceptors (Lipinski definition) is 5. The molecule has 1 aliphatic heterocycles. The molecule has 17 heavy (non-hydrogen) atoms. The standard InChI is InChI=1S/C11H16N4OS/c1-8-7-17-5-4-15(8)11(16)9-2-3-13-6-10(9)14-12/h2-3,6,8,14H,4-5,7,12H2,1H3. The van der Waals surface area contributed by atoms with Crippen LogP contribution >= 0.6 is 11.8 Å². The first-order valence-corrected chi connectivity index (χ1v) is 6.69. The summed E-state index contributed by atoms with van der Waals surface area (Å²) in [5, 5.41) is 0. The monoisotopic (exact) mass is 252 g/mol. The molecule has 2 heterocycles. The lowest BCUT2D eigenvalue weighted by Crippen LogP contribution is -2.44. The fourth-order valence-corrected chi connectivity index (χ4v) is 2.89. The van der Waals surface area contributed by atoms with Gasteiger partial charge in [0.15, 0.2) is 0 Å². The number of anilines is 1. The molecule has 0 saturated carbocycles. The van der Waals surface area contributed by atoms with E-state index in [-0.39, 0.29) is 11.9 Å². The minimum atomic E-state index is 0.0214. The van der Waals surface area contributed by atoms with Crippen LogP contribution in [0.15, 0.2) is 18.5 Å². The van der Waals surface area contributed by atoms with E-state index in [0.717, 1.165) is 18.1 Å². The Labute approximate surface area is 105 Å². The number of carbonyl (C=O) groups excluding carboxylic acids is 1. The van der Waals surface area contributed by atoms with E-state index in [9.17, 15) is 4.79 Å². The zero-order valence-corrected chi connectivity index (χ0v) is 10.5. The molecule has 1 fully saturated rings. The zero-order chi connectivity index (χ0) is 12.3. The second-order valence-electron chi connectivity index (χ2n) is 3.99.